The van der Waals surface area contributed by atoms with E-state index in [0.29, 0.717) is 41.1 Å². The minimum Gasteiger partial charge on any atom is -0.312 e. The van der Waals surface area contributed by atoms with Crippen molar-refractivity contribution in [3.63, 3.8) is 0 Å². The summed E-state index contributed by atoms with van der Waals surface area (Å²) in [5, 5.41) is 12.9. The van der Waals surface area contributed by atoms with Gasteiger partial charge >= 0.3 is 0 Å². The van der Waals surface area contributed by atoms with E-state index in [-0.39, 0.29) is 10.8 Å². The number of benzene rings is 1. The van der Waals surface area contributed by atoms with E-state index in [9.17, 15) is 18.5 Å². The summed E-state index contributed by atoms with van der Waals surface area (Å²) in [5.41, 5.74) is 1.99. The minimum absolute atomic E-state index is 0.202. The number of sulfonamides is 1. The number of piperidine rings is 1. The number of aryl methyl sites for hydroxylation is 1. The average Bonchev–Trinajstić information content (AvgIpc) is 3.28. The Morgan fingerprint density at radius 2 is 1.83 bits per heavy atom. The molecule has 0 radical (unpaired) electrons. The predicted molar refractivity (Wildman–Crippen MR) is 117 cm³/mol. The van der Waals surface area contributed by atoms with Crippen LogP contribution >= 0.6 is 11.3 Å². The second kappa shape index (κ2) is 8.14. The van der Waals surface area contributed by atoms with Crippen LogP contribution in [0.2, 0.25) is 0 Å². The van der Waals surface area contributed by atoms with Crippen molar-refractivity contribution in [2.45, 2.75) is 44.4 Å². The van der Waals surface area contributed by atoms with Gasteiger partial charge in [0, 0.05) is 23.5 Å². The van der Waals surface area contributed by atoms with Gasteiger partial charge in [-0.2, -0.15) is 9.57 Å². The molecule has 1 aromatic heterocycles. The molecule has 6 nitrogen and oxygen atoms in total. The van der Waals surface area contributed by atoms with Gasteiger partial charge in [-0.05, 0) is 67.3 Å². The van der Waals surface area contributed by atoms with Crippen LogP contribution in [0, 0.1) is 23.2 Å². The van der Waals surface area contributed by atoms with Crippen molar-refractivity contribution < 1.29 is 13.2 Å². The lowest BCUT2D eigenvalue weighted by molar-refractivity contribution is 0.102. The smallest absolute Gasteiger partial charge is 0.256 e. The van der Waals surface area contributed by atoms with E-state index in [1.807, 2.05) is 0 Å². The highest BCUT2D eigenvalue weighted by atomic mass is 32.2. The molecule has 2 atom stereocenters. The molecule has 1 aromatic carbocycles. The highest BCUT2D eigenvalue weighted by molar-refractivity contribution is 7.89. The Bertz CT molecular complexity index is 1100. The van der Waals surface area contributed by atoms with Gasteiger partial charge in [-0.1, -0.05) is 13.8 Å². The van der Waals surface area contributed by atoms with Crippen LogP contribution in [0.25, 0.3) is 0 Å². The minimum atomic E-state index is -3.58. The molecule has 0 bridgehead atoms. The zero-order valence-corrected chi connectivity index (χ0v) is 18.8. The maximum absolute atomic E-state index is 13.0. The number of nitrogens with zero attached hydrogens (tertiary/aromatic N) is 2. The molecular weight excluding hydrogens is 418 g/mol. The molecule has 1 amide bonds. The lowest BCUT2D eigenvalue weighted by Crippen LogP contribution is -2.42. The number of thiophene rings is 1. The molecule has 0 saturated carbocycles. The first-order valence-corrected chi connectivity index (χ1v) is 12.5. The van der Waals surface area contributed by atoms with E-state index in [2.05, 4.69) is 25.2 Å². The zero-order chi connectivity index (χ0) is 21.5. The largest absolute Gasteiger partial charge is 0.312 e. The third-order valence-electron chi connectivity index (χ3n) is 5.85. The van der Waals surface area contributed by atoms with Crippen LogP contribution in [0.3, 0.4) is 0 Å². The molecule has 2 unspecified atom stereocenters. The molecule has 4 rings (SSSR count). The number of hydrogen-bond acceptors (Lipinski definition) is 5. The number of nitriles is 1. The number of carbonyl (C=O) groups is 1. The van der Waals surface area contributed by atoms with Crippen molar-refractivity contribution in [1.82, 2.24) is 4.31 Å². The summed E-state index contributed by atoms with van der Waals surface area (Å²) >= 11 is 1.47. The van der Waals surface area contributed by atoms with E-state index in [0.717, 1.165) is 31.2 Å². The highest BCUT2D eigenvalue weighted by Crippen LogP contribution is 2.38. The maximum Gasteiger partial charge on any atom is 0.256 e. The standard InChI is InChI=1S/C22H25N3O3S2/c1-14-10-15(2)13-25(12-14)30(27,28)17-8-6-16(7-9-17)21(26)24-22-19(11-23)18-4-3-5-20(18)29-22/h6-9,14-15H,3-5,10,12-13H2,1-2H3,(H,24,26). The molecule has 1 saturated heterocycles. The summed E-state index contributed by atoms with van der Waals surface area (Å²) in [4.78, 5) is 14.1. The Kier molecular flexibility index (Phi) is 5.71. The third kappa shape index (κ3) is 3.89. The lowest BCUT2D eigenvalue weighted by atomic mass is 9.94. The number of anilines is 1. The lowest BCUT2D eigenvalue weighted by Gasteiger charge is -2.34. The van der Waals surface area contributed by atoms with Crippen molar-refractivity contribution in [3.05, 3.63) is 45.8 Å². The Balaban J connectivity index is 1.51. The molecule has 8 heteroatoms. The van der Waals surface area contributed by atoms with Crippen molar-refractivity contribution in [1.29, 1.82) is 5.26 Å². The van der Waals surface area contributed by atoms with Gasteiger partial charge in [0.2, 0.25) is 10.0 Å². The SMILES string of the molecule is CC1CC(C)CN(S(=O)(=O)c2ccc(C(=O)Nc3sc4c(c3C#N)CCC4)cc2)C1. The van der Waals surface area contributed by atoms with E-state index in [4.69, 9.17) is 0 Å². The molecule has 1 fully saturated rings. The fourth-order valence-corrected chi connectivity index (χ4v) is 7.43. The first kappa shape index (κ1) is 21.0. The Morgan fingerprint density at radius 3 is 2.47 bits per heavy atom. The van der Waals surface area contributed by atoms with Gasteiger partial charge in [0.1, 0.15) is 11.1 Å². The quantitative estimate of drug-likeness (QED) is 0.772. The average molecular weight is 444 g/mol. The fraction of sp³-hybridized carbons (Fsp3) is 0.455. The van der Waals surface area contributed by atoms with Crippen LogP contribution in [-0.2, 0) is 22.9 Å². The van der Waals surface area contributed by atoms with E-state index in [1.54, 1.807) is 4.31 Å². The maximum atomic E-state index is 13.0. The number of fused-ring (bicyclic) bond motifs is 1. The zero-order valence-electron chi connectivity index (χ0n) is 17.1. The van der Waals surface area contributed by atoms with Crippen molar-refractivity contribution >= 4 is 32.3 Å². The molecule has 2 heterocycles. The van der Waals surface area contributed by atoms with Gasteiger partial charge in [0.05, 0.1) is 10.5 Å². The molecule has 1 aliphatic heterocycles. The number of carbonyl (C=O) groups excluding carboxylic acids is 1. The van der Waals surface area contributed by atoms with Crippen molar-refractivity contribution in [3.8, 4) is 6.07 Å². The number of amides is 1. The molecule has 2 aliphatic rings. The first-order chi connectivity index (χ1) is 14.3. The van der Waals surface area contributed by atoms with Gasteiger partial charge in [-0.25, -0.2) is 8.42 Å². The monoisotopic (exact) mass is 443 g/mol. The number of nitrogens with one attached hydrogen (secondary N) is 1. The highest BCUT2D eigenvalue weighted by Gasteiger charge is 2.31. The summed E-state index contributed by atoms with van der Waals surface area (Å²) in [6.45, 7) is 5.19. The van der Waals surface area contributed by atoms with Crippen molar-refractivity contribution in [2.75, 3.05) is 18.4 Å². The Hall–Kier alpha value is -2.21. The van der Waals surface area contributed by atoms with Crippen molar-refractivity contribution in [2.24, 2.45) is 11.8 Å². The number of hydrogen-bond donors (Lipinski definition) is 1. The summed E-state index contributed by atoms with van der Waals surface area (Å²) < 4.78 is 27.6. The van der Waals surface area contributed by atoms with Crippen LogP contribution in [0.15, 0.2) is 29.2 Å². The summed E-state index contributed by atoms with van der Waals surface area (Å²) in [6, 6.07) is 8.27. The van der Waals surface area contributed by atoms with Gasteiger partial charge in [-0.15, -0.1) is 11.3 Å². The second-order valence-electron chi connectivity index (χ2n) is 8.42. The topological polar surface area (TPSA) is 90.3 Å². The molecule has 2 aromatic rings. The first-order valence-electron chi connectivity index (χ1n) is 10.3. The second-order valence-corrected chi connectivity index (χ2v) is 11.5. The normalized spacial score (nSPS) is 21.8. The van der Waals surface area contributed by atoms with E-state index < -0.39 is 10.0 Å². The molecule has 30 heavy (non-hydrogen) atoms. The van der Waals surface area contributed by atoms with Crippen LogP contribution in [0.1, 0.15) is 53.1 Å². The molecular formula is C22H25N3O3S2. The van der Waals surface area contributed by atoms with Crippen LogP contribution in [0.4, 0.5) is 5.00 Å². The summed E-state index contributed by atoms with van der Waals surface area (Å²) in [5.74, 6) is 0.321. The predicted octanol–water partition coefficient (Wildman–Crippen LogP) is 4.03. The number of rotatable bonds is 4. The van der Waals surface area contributed by atoms with Gasteiger partial charge in [0.25, 0.3) is 5.91 Å². The van der Waals surface area contributed by atoms with Crippen LogP contribution in [0.5, 0.6) is 0 Å². The Labute approximate surface area is 181 Å². The van der Waals surface area contributed by atoms with Gasteiger partial charge in [0.15, 0.2) is 0 Å². The van der Waals surface area contributed by atoms with E-state index >= 15 is 0 Å². The summed E-state index contributed by atoms with van der Waals surface area (Å²) in [6.07, 6.45) is 3.91. The fourth-order valence-electron chi connectivity index (χ4n) is 4.52. The third-order valence-corrected chi connectivity index (χ3v) is 8.90. The molecule has 0 spiro atoms. The Morgan fingerprint density at radius 1 is 1.17 bits per heavy atom. The summed E-state index contributed by atoms with van der Waals surface area (Å²) in [7, 11) is -3.58. The van der Waals surface area contributed by atoms with Gasteiger partial charge in [-0.3, -0.25) is 4.79 Å². The molecule has 158 valence electrons. The van der Waals surface area contributed by atoms with Gasteiger partial charge < -0.3 is 5.32 Å². The van der Waals surface area contributed by atoms with E-state index in [1.165, 1.54) is 40.5 Å². The molecule has 1 N–H and O–H groups in total. The van der Waals surface area contributed by atoms with Crippen LogP contribution in [-0.4, -0.2) is 31.7 Å². The molecule has 1 aliphatic carbocycles. The van der Waals surface area contributed by atoms with Crippen LogP contribution < -0.4 is 5.32 Å².